The Hall–Kier alpha value is -2.56. The monoisotopic (exact) mass is 353 g/mol. The molecule has 1 fully saturated rings. The molecule has 1 aromatic heterocycles. The minimum absolute atomic E-state index is 0.239. The summed E-state index contributed by atoms with van der Waals surface area (Å²) >= 11 is 0. The van der Waals surface area contributed by atoms with Crippen LogP contribution in [0.5, 0.6) is 0 Å². The fraction of sp³-hybridized carbons (Fsp3) is 0.429. The highest BCUT2D eigenvalue weighted by Gasteiger charge is 2.27. The number of hydrogen-bond donors (Lipinski definition) is 0. The number of pyridine rings is 1. The lowest BCUT2D eigenvalue weighted by molar-refractivity contribution is 0.0240. The summed E-state index contributed by atoms with van der Waals surface area (Å²) in [5, 5.41) is 0. The first-order valence-electron chi connectivity index (χ1n) is 9.08. The smallest absolute Gasteiger partial charge is 0.410 e. The van der Waals surface area contributed by atoms with E-state index >= 15 is 0 Å². The summed E-state index contributed by atoms with van der Waals surface area (Å²) in [4.78, 5) is 21.0. The van der Waals surface area contributed by atoms with E-state index in [1.165, 1.54) is 0 Å². The molecule has 3 rings (SSSR count). The lowest BCUT2D eigenvalue weighted by atomic mass is 10.0. The number of anilines is 1. The van der Waals surface area contributed by atoms with E-state index in [0.717, 1.165) is 35.6 Å². The van der Waals surface area contributed by atoms with Crippen molar-refractivity contribution in [2.75, 3.05) is 31.1 Å². The van der Waals surface area contributed by atoms with Crippen LogP contribution in [0.1, 0.15) is 26.3 Å². The summed E-state index contributed by atoms with van der Waals surface area (Å²) in [5.74, 6) is 0.977. The molecular formula is C21H27N3O2. The second kappa shape index (κ2) is 7.36. The Balaban J connectivity index is 1.75. The minimum atomic E-state index is -0.465. The molecule has 1 aliphatic rings. The van der Waals surface area contributed by atoms with Crippen molar-refractivity contribution in [2.24, 2.45) is 0 Å². The van der Waals surface area contributed by atoms with E-state index in [1.54, 1.807) is 4.90 Å². The first-order chi connectivity index (χ1) is 12.3. The number of aromatic nitrogens is 1. The number of benzene rings is 1. The predicted molar refractivity (Wildman–Crippen MR) is 104 cm³/mol. The van der Waals surface area contributed by atoms with Crippen LogP contribution in [0.15, 0.2) is 42.6 Å². The maximum absolute atomic E-state index is 12.3. The number of carbonyl (C=O) groups excluding carboxylic acids is 1. The van der Waals surface area contributed by atoms with Gasteiger partial charge in [-0.1, -0.05) is 30.3 Å². The van der Waals surface area contributed by atoms with Crippen LogP contribution in [-0.2, 0) is 4.74 Å². The maximum Gasteiger partial charge on any atom is 0.410 e. The number of piperazine rings is 1. The molecule has 5 heteroatoms. The van der Waals surface area contributed by atoms with Crippen LogP contribution in [-0.4, -0.2) is 47.8 Å². The summed E-state index contributed by atoms with van der Waals surface area (Å²) in [6, 6.07) is 12.5. The van der Waals surface area contributed by atoms with Crippen molar-refractivity contribution >= 4 is 11.9 Å². The van der Waals surface area contributed by atoms with Crippen LogP contribution in [0.4, 0.5) is 10.6 Å². The van der Waals surface area contributed by atoms with Gasteiger partial charge >= 0.3 is 6.09 Å². The Bertz CT molecular complexity index is 761. The molecule has 0 saturated carbocycles. The van der Waals surface area contributed by atoms with Crippen molar-refractivity contribution in [1.29, 1.82) is 0 Å². The Kier molecular flexibility index (Phi) is 5.16. The quantitative estimate of drug-likeness (QED) is 0.815. The molecule has 0 radical (unpaired) electrons. The van der Waals surface area contributed by atoms with E-state index in [9.17, 15) is 4.79 Å². The zero-order valence-corrected chi connectivity index (χ0v) is 16.0. The summed E-state index contributed by atoms with van der Waals surface area (Å²) in [6.45, 7) is 10.5. The van der Waals surface area contributed by atoms with Gasteiger partial charge in [0.15, 0.2) is 0 Å². The topological polar surface area (TPSA) is 45.7 Å². The average molecular weight is 353 g/mol. The second-order valence-corrected chi connectivity index (χ2v) is 7.70. The Morgan fingerprint density at radius 3 is 2.35 bits per heavy atom. The molecule has 0 N–H and O–H groups in total. The molecule has 1 aromatic carbocycles. The molecule has 0 unspecified atom stereocenters. The maximum atomic E-state index is 12.3. The Morgan fingerprint density at radius 1 is 1.08 bits per heavy atom. The first kappa shape index (κ1) is 18.2. The SMILES string of the molecule is Cc1cnc(N2CCN(C(=O)OC(C)(C)C)CC2)c(-c2ccccc2)c1. The van der Waals surface area contributed by atoms with E-state index in [0.29, 0.717) is 13.1 Å². The highest BCUT2D eigenvalue weighted by Crippen LogP contribution is 2.30. The van der Waals surface area contributed by atoms with Crippen LogP contribution in [0.25, 0.3) is 11.1 Å². The van der Waals surface area contributed by atoms with Gasteiger partial charge in [-0.3, -0.25) is 0 Å². The van der Waals surface area contributed by atoms with E-state index in [1.807, 2.05) is 45.2 Å². The molecule has 0 atom stereocenters. The van der Waals surface area contributed by atoms with Gasteiger partial charge in [0, 0.05) is 37.9 Å². The lowest BCUT2D eigenvalue weighted by Crippen LogP contribution is -2.50. The fourth-order valence-electron chi connectivity index (χ4n) is 3.07. The number of rotatable bonds is 2. The van der Waals surface area contributed by atoms with Crippen LogP contribution in [0.3, 0.4) is 0 Å². The van der Waals surface area contributed by atoms with Gasteiger partial charge in [0.25, 0.3) is 0 Å². The van der Waals surface area contributed by atoms with Crippen LogP contribution >= 0.6 is 0 Å². The number of aryl methyl sites for hydroxylation is 1. The molecule has 138 valence electrons. The lowest BCUT2D eigenvalue weighted by Gasteiger charge is -2.37. The molecule has 0 spiro atoms. The highest BCUT2D eigenvalue weighted by atomic mass is 16.6. The number of hydrogen-bond acceptors (Lipinski definition) is 4. The van der Waals surface area contributed by atoms with Gasteiger partial charge in [0.2, 0.25) is 0 Å². The van der Waals surface area contributed by atoms with E-state index in [4.69, 9.17) is 9.72 Å². The van der Waals surface area contributed by atoms with E-state index in [2.05, 4.69) is 30.0 Å². The number of ether oxygens (including phenoxy) is 1. The van der Waals surface area contributed by atoms with Crippen molar-refractivity contribution < 1.29 is 9.53 Å². The largest absolute Gasteiger partial charge is 0.444 e. The third-order valence-electron chi connectivity index (χ3n) is 4.32. The van der Waals surface area contributed by atoms with Gasteiger partial charge in [0.1, 0.15) is 11.4 Å². The summed E-state index contributed by atoms with van der Waals surface area (Å²) in [6.07, 6.45) is 1.67. The standard InChI is InChI=1S/C21H27N3O2/c1-16-14-18(17-8-6-5-7-9-17)19(22-15-16)23-10-12-24(13-11-23)20(25)26-21(2,3)4/h5-9,14-15H,10-13H2,1-4H3. The molecule has 1 aliphatic heterocycles. The Labute approximate surface area is 155 Å². The van der Waals surface area contributed by atoms with Gasteiger partial charge in [-0.15, -0.1) is 0 Å². The van der Waals surface area contributed by atoms with Gasteiger partial charge < -0.3 is 14.5 Å². The number of nitrogens with zero attached hydrogens (tertiary/aromatic N) is 3. The second-order valence-electron chi connectivity index (χ2n) is 7.70. The van der Waals surface area contributed by atoms with Crippen molar-refractivity contribution in [2.45, 2.75) is 33.3 Å². The van der Waals surface area contributed by atoms with Gasteiger partial charge in [-0.25, -0.2) is 9.78 Å². The van der Waals surface area contributed by atoms with Crippen LogP contribution in [0, 0.1) is 6.92 Å². The highest BCUT2D eigenvalue weighted by molar-refractivity contribution is 5.77. The molecule has 2 heterocycles. The molecular weight excluding hydrogens is 326 g/mol. The predicted octanol–water partition coefficient (Wildman–Crippen LogP) is 4.11. The number of carbonyl (C=O) groups is 1. The third-order valence-corrected chi connectivity index (χ3v) is 4.32. The van der Waals surface area contributed by atoms with Gasteiger partial charge in [0.05, 0.1) is 0 Å². The molecule has 0 aliphatic carbocycles. The van der Waals surface area contributed by atoms with Gasteiger partial charge in [-0.05, 0) is 44.9 Å². The first-order valence-corrected chi connectivity index (χ1v) is 9.08. The summed E-state index contributed by atoms with van der Waals surface area (Å²) in [5.41, 5.74) is 2.97. The van der Waals surface area contributed by atoms with Crippen LogP contribution < -0.4 is 4.90 Å². The van der Waals surface area contributed by atoms with E-state index in [-0.39, 0.29) is 6.09 Å². The normalized spacial score (nSPS) is 15.1. The minimum Gasteiger partial charge on any atom is -0.444 e. The summed E-state index contributed by atoms with van der Waals surface area (Å²) in [7, 11) is 0. The van der Waals surface area contributed by atoms with Gasteiger partial charge in [-0.2, -0.15) is 0 Å². The molecule has 2 aromatic rings. The Morgan fingerprint density at radius 2 is 1.73 bits per heavy atom. The molecule has 26 heavy (non-hydrogen) atoms. The molecule has 1 saturated heterocycles. The molecule has 1 amide bonds. The fourth-order valence-corrected chi connectivity index (χ4v) is 3.07. The van der Waals surface area contributed by atoms with Crippen molar-refractivity contribution in [3.8, 4) is 11.1 Å². The van der Waals surface area contributed by atoms with Crippen molar-refractivity contribution in [3.63, 3.8) is 0 Å². The molecule has 5 nitrogen and oxygen atoms in total. The van der Waals surface area contributed by atoms with Crippen molar-refractivity contribution in [3.05, 3.63) is 48.2 Å². The third kappa shape index (κ3) is 4.34. The summed E-state index contributed by atoms with van der Waals surface area (Å²) < 4.78 is 5.48. The van der Waals surface area contributed by atoms with Crippen LogP contribution in [0.2, 0.25) is 0 Å². The van der Waals surface area contributed by atoms with Crippen molar-refractivity contribution in [1.82, 2.24) is 9.88 Å². The zero-order valence-electron chi connectivity index (χ0n) is 16.0. The van der Waals surface area contributed by atoms with E-state index < -0.39 is 5.60 Å². The zero-order chi connectivity index (χ0) is 18.7. The average Bonchev–Trinajstić information content (AvgIpc) is 2.61. The molecule has 0 bridgehead atoms. The number of amides is 1.